The maximum Gasteiger partial charge on any atom is 0.141 e. The van der Waals surface area contributed by atoms with Gasteiger partial charge in [0.25, 0.3) is 0 Å². The Balaban J connectivity index is 1.74. The molecule has 1 aliphatic heterocycles. The van der Waals surface area contributed by atoms with Gasteiger partial charge in [-0.25, -0.2) is 9.97 Å². The Morgan fingerprint density at radius 3 is 2.90 bits per heavy atom. The summed E-state index contributed by atoms with van der Waals surface area (Å²) in [6.07, 6.45) is 6.38. The molecule has 0 aromatic carbocycles. The van der Waals surface area contributed by atoms with E-state index in [-0.39, 0.29) is 0 Å². The Labute approximate surface area is 121 Å². The maximum absolute atomic E-state index is 4.71. The SMILES string of the molecule is c1csc(-c2ccc3c(C4CCNCC4)c[nH]c3n2)n1. The topological polar surface area (TPSA) is 53.6 Å². The van der Waals surface area contributed by atoms with Crippen LogP contribution in [0.1, 0.15) is 24.3 Å². The first-order valence-corrected chi connectivity index (χ1v) is 7.88. The standard InChI is InChI=1S/C15H16N4S/c1-2-13(15-17-7-8-20-15)19-14-11(1)12(9-18-14)10-3-5-16-6-4-10/h1-2,7-10,16H,3-6H2,(H,18,19). The van der Waals surface area contributed by atoms with Gasteiger partial charge in [0, 0.05) is 23.2 Å². The van der Waals surface area contributed by atoms with Gasteiger partial charge in [0.15, 0.2) is 0 Å². The highest BCUT2D eigenvalue weighted by molar-refractivity contribution is 7.13. The van der Waals surface area contributed by atoms with Crippen LogP contribution in [-0.2, 0) is 0 Å². The molecule has 0 aliphatic carbocycles. The highest BCUT2D eigenvalue weighted by Gasteiger charge is 2.19. The second-order valence-electron chi connectivity index (χ2n) is 5.20. The number of nitrogens with zero attached hydrogens (tertiary/aromatic N) is 2. The van der Waals surface area contributed by atoms with Crippen molar-refractivity contribution in [1.29, 1.82) is 0 Å². The molecule has 1 saturated heterocycles. The minimum absolute atomic E-state index is 0.650. The molecule has 0 spiro atoms. The van der Waals surface area contributed by atoms with Crippen molar-refractivity contribution in [2.45, 2.75) is 18.8 Å². The molecule has 0 atom stereocenters. The molecule has 4 rings (SSSR count). The number of hydrogen-bond donors (Lipinski definition) is 2. The van der Waals surface area contributed by atoms with E-state index in [4.69, 9.17) is 4.98 Å². The van der Waals surface area contributed by atoms with Gasteiger partial charge < -0.3 is 10.3 Å². The number of nitrogens with one attached hydrogen (secondary N) is 2. The quantitative estimate of drug-likeness (QED) is 0.760. The van der Waals surface area contributed by atoms with Gasteiger partial charge in [-0.1, -0.05) is 0 Å². The van der Waals surface area contributed by atoms with Crippen molar-refractivity contribution in [3.05, 3.63) is 35.5 Å². The number of fused-ring (bicyclic) bond motifs is 1. The fourth-order valence-corrected chi connectivity index (χ4v) is 3.57. The van der Waals surface area contributed by atoms with E-state index >= 15 is 0 Å². The van der Waals surface area contributed by atoms with Crippen LogP contribution in [0.4, 0.5) is 0 Å². The van der Waals surface area contributed by atoms with Crippen molar-refractivity contribution >= 4 is 22.4 Å². The monoisotopic (exact) mass is 284 g/mol. The van der Waals surface area contributed by atoms with E-state index in [2.05, 4.69) is 33.6 Å². The van der Waals surface area contributed by atoms with Gasteiger partial charge in [-0.15, -0.1) is 11.3 Å². The van der Waals surface area contributed by atoms with Crippen LogP contribution in [0.25, 0.3) is 21.7 Å². The van der Waals surface area contributed by atoms with Gasteiger partial charge in [0.05, 0.1) is 0 Å². The largest absolute Gasteiger partial charge is 0.346 e. The smallest absolute Gasteiger partial charge is 0.141 e. The molecule has 2 N–H and O–H groups in total. The zero-order chi connectivity index (χ0) is 13.4. The zero-order valence-electron chi connectivity index (χ0n) is 11.1. The molecule has 3 aromatic rings. The van der Waals surface area contributed by atoms with E-state index in [1.807, 2.05) is 11.6 Å². The number of hydrogen-bond acceptors (Lipinski definition) is 4. The van der Waals surface area contributed by atoms with E-state index in [0.29, 0.717) is 5.92 Å². The van der Waals surface area contributed by atoms with E-state index in [1.54, 1.807) is 11.3 Å². The van der Waals surface area contributed by atoms with Gasteiger partial charge in [0.2, 0.25) is 0 Å². The van der Waals surface area contributed by atoms with Gasteiger partial charge in [0.1, 0.15) is 16.3 Å². The van der Waals surface area contributed by atoms with Crippen LogP contribution in [0, 0.1) is 0 Å². The summed E-state index contributed by atoms with van der Waals surface area (Å²) in [7, 11) is 0. The lowest BCUT2D eigenvalue weighted by Gasteiger charge is -2.22. The average molecular weight is 284 g/mol. The lowest BCUT2D eigenvalue weighted by atomic mass is 9.90. The Kier molecular flexibility index (Phi) is 3.01. The van der Waals surface area contributed by atoms with Gasteiger partial charge in [-0.05, 0) is 49.5 Å². The van der Waals surface area contributed by atoms with Crippen LogP contribution < -0.4 is 5.32 Å². The second kappa shape index (κ2) is 5.00. The highest BCUT2D eigenvalue weighted by Crippen LogP contribution is 2.32. The predicted octanol–water partition coefficient (Wildman–Crippen LogP) is 3.15. The average Bonchev–Trinajstić information content (AvgIpc) is 3.17. The number of thiazole rings is 1. The molecular formula is C15H16N4S. The van der Waals surface area contributed by atoms with Crippen molar-refractivity contribution in [3.8, 4) is 10.7 Å². The van der Waals surface area contributed by atoms with Crippen LogP contribution in [-0.4, -0.2) is 28.0 Å². The number of aromatic amines is 1. The molecule has 0 radical (unpaired) electrons. The Hall–Kier alpha value is -1.72. The summed E-state index contributed by atoms with van der Waals surface area (Å²) in [4.78, 5) is 12.4. The summed E-state index contributed by atoms with van der Waals surface area (Å²) in [6.45, 7) is 2.23. The molecule has 3 aromatic heterocycles. The van der Waals surface area contributed by atoms with E-state index in [1.165, 1.54) is 23.8 Å². The third-order valence-corrected chi connectivity index (χ3v) is 4.80. The highest BCUT2D eigenvalue weighted by atomic mass is 32.1. The van der Waals surface area contributed by atoms with Crippen LogP contribution >= 0.6 is 11.3 Å². The zero-order valence-corrected chi connectivity index (χ0v) is 11.9. The fourth-order valence-electron chi connectivity index (χ4n) is 2.97. The molecule has 1 fully saturated rings. The summed E-state index contributed by atoms with van der Waals surface area (Å²) in [5.41, 5.74) is 3.34. The van der Waals surface area contributed by atoms with E-state index in [9.17, 15) is 0 Å². The molecule has 20 heavy (non-hydrogen) atoms. The lowest BCUT2D eigenvalue weighted by Crippen LogP contribution is -2.26. The molecule has 0 amide bonds. The first-order valence-electron chi connectivity index (χ1n) is 7.00. The Morgan fingerprint density at radius 2 is 2.10 bits per heavy atom. The van der Waals surface area contributed by atoms with Crippen LogP contribution in [0.15, 0.2) is 29.9 Å². The number of H-pyrrole nitrogens is 1. The minimum Gasteiger partial charge on any atom is -0.346 e. The molecule has 102 valence electrons. The molecule has 4 heterocycles. The summed E-state index contributed by atoms with van der Waals surface area (Å²) in [5.74, 6) is 0.650. The van der Waals surface area contributed by atoms with Crippen molar-refractivity contribution in [3.63, 3.8) is 0 Å². The predicted molar refractivity (Wildman–Crippen MR) is 82.0 cm³/mol. The van der Waals surface area contributed by atoms with Gasteiger partial charge in [-0.2, -0.15) is 0 Å². The van der Waals surface area contributed by atoms with Crippen molar-refractivity contribution in [2.75, 3.05) is 13.1 Å². The van der Waals surface area contributed by atoms with Crippen LogP contribution in [0.2, 0.25) is 0 Å². The summed E-state index contributed by atoms with van der Waals surface area (Å²) in [6, 6.07) is 4.27. The van der Waals surface area contributed by atoms with Gasteiger partial charge in [-0.3, -0.25) is 0 Å². The summed E-state index contributed by atoms with van der Waals surface area (Å²) < 4.78 is 0. The molecular weight excluding hydrogens is 268 g/mol. The number of piperidine rings is 1. The maximum atomic E-state index is 4.71. The third-order valence-electron chi connectivity index (χ3n) is 4.00. The Morgan fingerprint density at radius 1 is 1.20 bits per heavy atom. The van der Waals surface area contributed by atoms with Crippen LogP contribution in [0.5, 0.6) is 0 Å². The third kappa shape index (κ3) is 2.03. The van der Waals surface area contributed by atoms with Gasteiger partial charge >= 0.3 is 0 Å². The first kappa shape index (κ1) is 12.1. The van der Waals surface area contributed by atoms with Crippen molar-refractivity contribution < 1.29 is 0 Å². The molecule has 0 saturated carbocycles. The molecule has 1 aliphatic rings. The normalized spacial score (nSPS) is 16.8. The molecule has 4 nitrogen and oxygen atoms in total. The van der Waals surface area contributed by atoms with Crippen molar-refractivity contribution in [2.24, 2.45) is 0 Å². The molecule has 5 heteroatoms. The summed E-state index contributed by atoms with van der Waals surface area (Å²) in [5, 5.41) is 7.64. The van der Waals surface area contributed by atoms with Crippen LogP contribution in [0.3, 0.4) is 0 Å². The number of rotatable bonds is 2. The first-order chi connectivity index (χ1) is 9.92. The minimum atomic E-state index is 0.650. The van der Waals surface area contributed by atoms with E-state index in [0.717, 1.165) is 29.4 Å². The van der Waals surface area contributed by atoms with Crippen molar-refractivity contribution in [1.82, 2.24) is 20.3 Å². The fraction of sp³-hybridized carbons (Fsp3) is 0.333. The summed E-state index contributed by atoms with van der Waals surface area (Å²) >= 11 is 1.62. The molecule has 0 bridgehead atoms. The number of pyridine rings is 1. The second-order valence-corrected chi connectivity index (χ2v) is 6.09. The molecule has 0 unspecified atom stereocenters. The Bertz CT molecular complexity index is 711. The number of aromatic nitrogens is 3. The van der Waals surface area contributed by atoms with E-state index < -0.39 is 0 Å². The lowest BCUT2D eigenvalue weighted by molar-refractivity contribution is 0.462.